The van der Waals surface area contributed by atoms with E-state index in [-0.39, 0.29) is 22.4 Å². The molecule has 1 rings (SSSR count). The first-order chi connectivity index (χ1) is 8.45. The van der Waals surface area contributed by atoms with Crippen LogP contribution in [-0.4, -0.2) is 35.6 Å². The summed E-state index contributed by atoms with van der Waals surface area (Å²) in [7, 11) is 1.49. The predicted octanol–water partition coefficient (Wildman–Crippen LogP) is 1.41. The van der Waals surface area contributed by atoms with Gasteiger partial charge in [-0.3, -0.25) is 14.9 Å². The van der Waals surface area contributed by atoms with E-state index in [1.165, 1.54) is 7.11 Å². The molecule has 0 fully saturated rings. The number of rotatable bonds is 5. The van der Waals surface area contributed by atoms with Gasteiger partial charge in [-0.25, -0.2) is 4.98 Å². The fourth-order valence-corrected chi connectivity index (χ4v) is 1.50. The zero-order valence-corrected chi connectivity index (χ0v) is 10.6. The molecule has 1 atom stereocenters. The molecule has 1 N–H and O–H groups in total. The molecule has 0 aliphatic rings. The number of nitrogens with zero attached hydrogens (tertiary/aromatic N) is 2. The summed E-state index contributed by atoms with van der Waals surface area (Å²) in [5.41, 5.74) is -0.510. The monoisotopic (exact) mass is 273 g/mol. The molecular formula is C10H12ClN3O4. The average Bonchev–Trinajstić information content (AvgIpc) is 2.28. The number of pyridine rings is 1. The van der Waals surface area contributed by atoms with Crippen molar-refractivity contribution in [3.63, 3.8) is 0 Å². The number of aromatic nitrogens is 1. The van der Waals surface area contributed by atoms with Crippen LogP contribution >= 0.6 is 11.6 Å². The highest BCUT2D eigenvalue weighted by atomic mass is 35.5. The zero-order valence-electron chi connectivity index (χ0n) is 9.84. The SMILES string of the molecule is COCC(C)NC(=O)c1cc(Cl)ncc1[N+](=O)[O-]. The minimum Gasteiger partial charge on any atom is -0.383 e. The molecule has 0 aliphatic heterocycles. The van der Waals surface area contributed by atoms with Crippen molar-refractivity contribution in [2.75, 3.05) is 13.7 Å². The first-order valence-electron chi connectivity index (χ1n) is 5.05. The molecule has 0 radical (unpaired) electrons. The number of carbonyl (C=O) groups is 1. The van der Waals surface area contributed by atoms with Crippen LogP contribution < -0.4 is 5.32 Å². The molecule has 1 unspecified atom stereocenters. The van der Waals surface area contributed by atoms with Crippen molar-refractivity contribution in [2.45, 2.75) is 13.0 Å². The highest BCUT2D eigenvalue weighted by Crippen LogP contribution is 2.20. The number of nitrogens with one attached hydrogen (secondary N) is 1. The molecule has 0 bridgehead atoms. The summed E-state index contributed by atoms with van der Waals surface area (Å²) >= 11 is 5.62. The van der Waals surface area contributed by atoms with Gasteiger partial charge in [-0.1, -0.05) is 11.6 Å². The fourth-order valence-electron chi connectivity index (χ4n) is 1.34. The van der Waals surface area contributed by atoms with E-state index in [9.17, 15) is 14.9 Å². The minimum atomic E-state index is -0.681. The number of amides is 1. The van der Waals surface area contributed by atoms with Crippen LogP contribution in [0.2, 0.25) is 5.15 Å². The van der Waals surface area contributed by atoms with Gasteiger partial charge in [0.1, 0.15) is 16.9 Å². The molecule has 1 heterocycles. The van der Waals surface area contributed by atoms with Crippen molar-refractivity contribution in [3.05, 3.63) is 33.1 Å². The maximum atomic E-state index is 11.8. The molecule has 0 saturated carbocycles. The summed E-state index contributed by atoms with van der Waals surface area (Å²) in [5.74, 6) is -0.587. The quantitative estimate of drug-likeness (QED) is 0.497. The largest absolute Gasteiger partial charge is 0.383 e. The number of hydrogen-bond acceptors (Lipinski definition) is 5. The fraction of sp³-hybridized carbons (Fsp3) is 0.400. The van der Waals surface area contributed by atoms with Crippen LogP contribution in [0.3, 0.4) is 0 Å². The number of nitro groups is 1. The van der Waals surface area contributed by atoms with E-state index in [1.807, 2.05) is 0 Å². The van der Waals surface area contributed by atoms with Crippen molar-refractivity contribution in [1.82, 2.24) is 10.3 Å². The lowest BCUT2D eigenvalue weighted by Crippen LogP contribution is -2.35. The van der Waals surface area contributed by atoms with Crippen LogP contribution in [0.15, 0.2) is 12.3 Å². The topological polar surface area (TPSA) is 94.4 Å². The molecule has 0 spiro atoms. The van der Waals surface area contributed by atoms with Gasteiger partial charge in [0, 0.05) is 13.2 Å². The Balaban J connectivity index is 2.97. The second-order valence-corrected chi connectivity index (χ2v) is 4.00. The molecule has 1 amide bonds. The normalized spacial score (nSPS) is 11.9. The van der Waals surface area contributed by atoms with Gasteiger partial charge < -0.3 is 10.1 Å². The molecule has 0 aliphatic carbocycles. The van der Waals surface area contributed by atoms with Gasteiger partial charge in [0.15, 0.2) is 0 Å². The van der Waals surface area contributed by atoms with Gasteiger partial charge in [0.2, 0.25) is 0 Å². The Labute approximate surface area is 108 Å². The maximum Gasteiger partial charge on any atom is 0.300 e. The molecule has 8 heteroatoms. The molecule has 98 valence electrons. The second kappa shape index (κ2) is 6.27. The van der Waals surface area contributed by atoms with E-state index in [1.54, 1.807) is 6.92 Å². The van der Waals surface area contributed by atoms with Gasteiger partial charge in [0.05, 0.1) is 11.5 Å². The molecule has 7 nitrogen and oxygen atoms in total. The third-order valence-corrected chi connectivity index (χ3v) is 2.29. The van der Waals surface area contributed by atoms with Crippen molar-refractivity contribution in [2.24, 2.45) is 0 Å². The van der Waals surface area contributed by atoms with E-state index < -0.39 is 10.8 Å². The van der Waals surface area contributed by atoms with Gasteiger partial charge in [-0.05, 0) is 13.0 Å². The summed E-state index contributed by atoms with van der Waals surface area (Å²) < 4.78 is 4.85. The smallest absolute Gasteiger partial charge is 0.300 e. The van der Waals surface area contributed by atoms with Gasteiger partial charge >= 0.3 is 0 Å². The Bertz CT molecular complexity index is 466. The van der Waals surface area contributed by atoms with Crippen molar-refractivity contribution >= 4 is 23.2 Å². The standard InChI is InChI=1S/C10H12ClN3O4/c1-6(5-18-2)13-10(15)7-3-9(11)12-4-8(7)14(16)17/h3-4,6H,5H2,1-2H3,(H,13,15). The molecule has 1 aromatic heterocycles. The maximum absolute atomic E-state index is 11.8. The Morgan fingerprint density at radius 3 is 2.94 bits per heavy atom. The first-order valence-corrected chi connectivity index (χ1v) is 5.43. The highest BCUT2D eigenvalue weighted by molar-refractivity contribution is 6.29. The summed E-state index contributed by atoms with van der Waals surface area (Å²) in [6, 6.07) is 0.892. The van der Waals surface area contributed by atoms with Crippen LogP contribution in [0, 0.1) is 10.1 Å². The third-order valence-electron chi connectivity index (χ3n) is 2.09. The van der Waals surface area contributed by atoms with Gasteiger partial charge in [0.25, 0.3) is 11.6 Å². The minimum absolute atomic E-state index is 0.0187. The molecule has 0 aromatic carbocycles. The van der Waals surface area contributed by atoms with Crippen molar-refractivity contribution in [3.8, 4) is 0 Å². The molecular weight excluding hydrogens is 262 g/mol. The lowest BCUT2D eigenvalue weighted by Gasteiger charge is -2.12. The summed E-state index contributed by atoms with van der Waals surface area (Å²) in [4.78, 5) is 25.5. The van der Waals surface area contributed by atoms with Crippen LogP contribution in [0.25, 0.3) is 0 Å². The molecule has 0 saturated heterocycles. The lowest BCUT2D eigenvalue weighted by molar-refractivity contribution is -0.385. The van der Waals surface area contributed by atoms with E-state index >= 15 is 0 Å². The van der Waals surface area contributed by atoms with Crippen molar-refractivity contribution in [1.29, 1.82) is 0 Å². The number of carbonyl (C=O) groups excluding carboxylic acids is 1. The van der Waals surface area contributed by atoms with Crippen molar-refractivity contribution < 1.29 is 14.5 Å². The second-order valence-electron chi connectivity index (χ2n) is 3.61. The summed E-state index contributed by atoms with van der Waals surface area (Å²) in [5, 5.41) is 13.4. The van der Waals surface area contributed by atoms with Crippen LogP contribution in [0.1, 0.15) is 17.3 Å². The Hall–Kier alpha value is -1.73. The average molecular weight is 274 g/mol. The third kappa shape index (κ3) is 3.64. The van der Waals surface area contributed by atoms with Crippen LogP contribution in [0.5, 0.6) is 0 Å². The van der Waals surface area contributed by atoms with Gasteiger partial charge in [-0.2, -0.15) is 0 Å². The number of methoxy groups -OCH3 is 1. The predicted molar refractivity (Wildman–Crippen MR) is 64.7 cm³/mol. The van der Waals surface area contributed by atoms with E-state index in [0.29, 0.717) is 6.61 Å². The van der Waals surface area contributed by atoms with Crippen LogP contribution in [0.4, 0.5) is 5.69 Å². The van der Waals surface area contributed by atoms with Crippen LogP contribution in [-0.2, 0) is 4.74 Å². The summed E-state index contributed by atoms with van der Waals surface area (Å²) in [6.07, 6.45) is 0.957. The number of hydrogen-bond donors (Lipinski definition) is 1. The highest BCUT2D eigenvalue weighted by Gasteiger charge is 2.22. The summed E-state index contributed by atoms with van der Waals surface area (Å²) in [6.45, 7) is 2.02. The van der Waals surface area contributed by atoms with Gasteiger partial charge in [-0.15, -0.1) is 0 Å². The van der Waals surface area contributed by atoms with E-state index in [0.717, 1.165) is 12.3 Å². The molecule has 1 aromatic rings. The Morgan fingerprint density at radius 1 is 1.72 bits per heavy atom. The number of halogens is 1. The van der Waals surface area contributed by atoms with E-state index in [4.69, 9.17) is 16.3 Å². The lowest BCUT2D eigenvalue weighted by atomic mass is 10.2. The number of ether oxygens (including phenoxy) is 1. The Morgan fingerprint density at radius 2 is 2.39 bits per heavy atom. The zero-order chi connectivity index (χ0) is 13.7. The first kappa shape index (κ1) is 14.3. The van der Waals surface area contributed by atoms with E-state index in [2.05, 4.69) is 10.3 Å². The Kier molecular flexibility index (Phi) is 4.99. The molecule has 18 heavy (non-hydrogen) atoms.